The van der Waals surface area contributed by atoms with Crippen LogP contribution in [0.2, 0.25) is 0 Å². The molecule has 0 aliphatic carbocycles. The van der Waals surface area contributed by atoms with Gasteiger partial charge in [0.25, 0.3) is 0 Å². The summed E-state index contributed by atoms with van der Waals surface area (Å²) in [5.74, 6) is -0.0907. The molecule has 0 radical (unpaired) electrons. The van der Waals surface area contributed by atoms with E-state index in [1.807, 2.05) is 6.08 Å². The highest BCUT2D eigenvalue weighted by Crippen LogP contribution is 2.17. The maximum atomic E-state index is 12.5. The quantitative estimate of drug-likeness (QED) is 0.0420. The Bertz CT molecular complexity index is 1460. The number of nitrogens with one attached hydrogen (secondary N) is 1. The molecule has 0 bridgehead atoms. The van der Waals surface area contributed by atoms with E-state index in [0.29, 0.717) is 6.42 Å². The fraction of sp³-hybridized carbons (Fsp3) is 0.704. The van der Waals surface area contributed by atoms with Gasteiger partial charge in [-0.05, 0) is 96.3 Å². The predicted molar refractivity (Wildman–Crippen MR) is 336 cm³/mol. The molecule has 75 heavy (non-hydrogen) atoms. The molecule has 0 saturated carbocycles. The van der Waals surface area contributed by atoms with Crippen molar-refractivity contribution < 1.29 is 15.0 Å². The van der Waals surface area contributed by atoms with Crippen LogP contribution in [0.1, 0.15) is 303 Å². The minimum Gasteiger partial charge on any atom is -0.394 e. The van der Waals surface area contributed by atoms with Gasteiger partial charge >= 0.3 is 0 Å². The van der Waals surface area contributed by atoms with Crippen molar-refractivity contribution in [2.75, 3.05) is 6.61 Å². The molecular weight excluding hydrogens is 915 g/mol. The molecule has 0 saturated heterocycles. The van der Waals surface area contributed by atoms with Crippen LogP contribution < -0.4 is 5.32 Å². The van der Waals surface area contributed by atoms with E-state index in [1.54, 1.807) is 6.08 Å². The summed E-state index contributed by atoms with van der Waals surface area (Å²) in [6.07, 6.45) is 99.7. The molecule has 2 unspecified atom stereocenters. The highest BCUT2D eigenvalue weighted by Gasteiger charge is 2.18. The average Bonchev–Trinajstić information content (AvgIpc) is 3.41. The number of carbonyl (C=O) groups is 1. The van der Waals surface area contributed by atoms with Gasteiger partial charge in [0.05, 0.1) is 18.8 Å². The number of allylic oxidation sites excluding steroid dienone is 19. The molecule has 0 heterocycles. The number of aliphatic hydroxyl groups excluding tert-OH is 2. The van der Waals surface area contributed by atoms with Crippen molar-refractivity contribution >= 4 is 5.91 Å². The van der Waals surface area contributed by atoms with Crippen LogP contribution in [0.25, 0.3) is 0 Å². The van der Waals surface area contributed by atoms with E-state index in [-0.39, 0.29) is 12.5 Å². The molecule has 4 heteroatoms. The molecule has 430 valence electrons. The first-order chi connectivity index (χ1) is 37.2. The molecule has 3 N–H and O–H groups in total. The zero-order valence-corrected chi connectivity index (χ0v) is 49.5. The predicted octanol–water partition coefficient (Wildman–Crippen LogP) is 22.0. The van der Waals surface area contributed by atoms with Crippen molar-refractivity contribution in [3.05, 3.63) is 122 Å². The molecule has 4 nitrogen and oxygen atoms in total. The Hall–Kier alpha value is -3.21. The first kappa shape index (κ1) is 71.8. The van der Waals surface area contributed by atoms with Crippen molar-refractivity contribution in [2.24, 2.45) is 0 Å². The van der Waals surface area contributed by atoms with Gasteiger partial charge in [-0.25, -0.2) is 0 Å². The van der Waals surface area contributed by atoms with Gasteiger partial charge in [-0.1, -0.05) is 322 Å². The van der Waals surface area contributed by atoms with Crippen LogP contribution in [0.4, 0.5) is 0 Å². The summed E-state index contributed by atoms with van der Waals surface area (Å²) in [5.41, 5.74) is 0. The van der Waals surface area contributed by atoms with Gasteiger partial charge in [0, 0.05) is 6.42 Å². The van der Waals surface area contributed by atoms with E-state index in [4.69, 9.17) is 0 Å². The zero-order chi connectivity index (χ0) is 54.1. The summed E-state index contributed by atoms with van der Waals surface area (Å²) in [6, 6.07) is -0.658. The molecule has 0 fully saturated rings. The fourth-order valence-corrected chi connectivity index (χ4v) is 9.33. The first-order valence-corrected chi connectivity index (χ1v) is 32.2. The highest BCUT2D eigenvalue weighted by atomic mass is 16.3. The van der Waals surface area contributed by atoms with Gasteiger partial charge in [0.2, 0.25) is 5.91 Å². The molecule has 0 aromatic rings. The van der Waals surface area contributed by atoms with Crippen molar-refractivity contribution in [2.45, 2.75) is 315 Å². The number of hydrogen-bond acceptors (Lipinski definition) is 3. The summed E-state index contributed by atoms with van der Waals surface area (Å²) in [5, 5.41) is 23.2. The molecule has 2 atom stereocenters. The SMILES string of the molecule is CC/C=C\C/C=C\C/C=C\C/C=C\C/C=C\C/C=C\C/C=C\C/C=C\CCCCCCCCC(=O)NC(CO)C(O)/C=C/CC/C=C/CCCCCCCCCCCCCCCCCCCCCCCCCCCC. The van der Waals surface area contributed by atoms with E-state index in [2.05, 4.69) is 129 Å². The van der Waals surface area contributed by atoms with E-state index >= 15 is 0 Å². The molecular formula is C71H123NO3. The lowest BCUT2D eigenvalue weighted by atomic mass is 10.0. The second-order valence-corrected chi connectivity index (χ2v) is 21.4. The largest absolute Gasteiger partial charge is 0.394 e. The molecule has 0 rings (SSSR count). The maximum absolute atomic E-state index is 12.5. The summed E-state index contributed by atoms with van der Waals surface area (Å²) >= 11 is 0. The lowest BCUT2D eigenvalue weighted by Crippen LogP contribution is -2.45. The third kappa shape index (κ3) is 61.5. The fourth-order valence-electron chi connectivity index (χ4n) is 9.33. The Morgan fingerprint density at radius 1 is 0.333 bits per heavy atom. The Labute approximate surface area is 467 Å². The lowest BCUT2D eigenvalue weighted by Gasteiger charge is -2.19. The Balaban J connectivity index is 3.59. The van der Waals surface area contributed by atoms with Crippen LogP contribution in [0.15, 0.2) is 122 Å². The Kier molecular flexibility index (Phi) is 62.3. The van der Waals surface area contributed by atoms with Crippen molar-refractivity contribution in [1.82, 2.24) is 5.32 Å². The van der Waals surface area contributed by atoms with E-state index in [1.165, 1.54) is 186 Å². The van der Waals surface area contributed by atoms with Crippen LogP contribution in [0.5, 0.6) is 0 Å². The Morgan fingerprint density at radius 3 is 0.933 bits per heavy atom. The van der Waals surface area contributed by atoms with Gasteiger partial charge < -0.3 is 15.5 Å². The number of carbonyl (C=O) groups excluding carboxylic acids is 1. The van der Waals surface area contributed by atoms with E-state index in [9.17, 15) is 15.0 Å². The minimum absolute atomic E-state index is 0.0907. The molecule has 0 aliphatic heterocycles. The minimum atomic E-state index is -0.880. The van der Waals surface area contributed by atoms with Crippen LogP contribution in [-0.4, -0.2) is 34.9 Å². The van der Waals surface area contributed by atoms with E-state index < -0.39 is 12.1 Å². The normalized spacial score (nSPS) is 13.6. The van der Waals surface area contributed by atoms with Gasteiger partial charge in [-0.3, -0.25) is 4.79 Å². The van der Waals surface area contributed by atoms with Crippen LogP contribution in [0, 0.1) is 0 Å². The van der Waals surface area contributed by atoms with Crippen molar-refractivity contribution in [3.63, 3.8) is 0 Å². The molecule has 0 aromatic carbocycles. The third-order valence-electron chi connectivity index (χ3n) is 14.2. The van der Waals surface area contributed by atoms with Crippen molar-refractivity contribution in [1.29, 1.82) is 0 Å². The molecule has 0 aromatic heterocycles. The lowest BCUT2D eigenvalue weighted by molar-refractivity contribution is -0.123. The molecule has 0 aliphatic rings. The monoisotopic (exact) mass is 1040 g/mol. The third-order valence-corrected chi connectivity index (χ3v) is 14.2. The van der Waals surface area contributed by atoms with Gasteiger partial charge in [-0.2, -0.15) is 0 Å². The summed E-state index contributed by atoms with van der Waals surface area (Å²) in [6.45, 7) is 4.19. The summed E-state index contributed by atoms with van der Waals surface area (Å²) in [7, 11) is 0. The van der Waals surface area contributed by atoms with Crippen LogP contribution >= 0.6 is 0 Å². The number of unbranched alkanes of at least 4 members (excludes halogenated alkanes) is 33. The number of rotatable bonds is 58. The second-order valence-electron chi connectivity index (χ2n) is 21.4. The topological polar surface area (TPSA) is 69.6 Å². The Morgan fingerprint density at radius 2 is 0.600 bits per heavy atom. The standard InChI is InChI=1S/C71H123NO3/c1-3-5-7-9-11-13-15-17-19-21-23-25-27-29-31-33-35-37-38-40-42-44-46-48-50-52-54-56-58-60-62-64-66-70(74)69(68-73)72-71(75)67-65-63-61-59-57-55-53-51-49-47-45-43-41-39-36-34-32-30-28-26-24-22-20-18-16-14-12-10-8-6-4-2/h6,8,12,14,18,20,24,26,30,32,36,39,43,45,49,51,56,58,64,66,69-70,73-74H,3-5,7,9-11,13,15-17,19,21-23,25,27-29,31,33-35,37-38,40-42,44,46-48,50,52-55,57,59-63,65,67-68H2,1-2H3,(H,72,75)/b8-6-,14-12-,20-18-,26-24-,32-30-,39-36-,45-43-,51-49-,58-56+,66-64+. The van der Waals surface area contributed by atoms with Gasteiger partial charge in [0.15, 0.2) is 0 Å². The van der Waals surface area contributed by atoms with E-state index in [0.717, 1.165) is 96.3 Å². The molecule has 0 spiro atoms. The van der Waals surface area contributed by atoms with Crippen molar-refractivity contribution in [3.8, 4) is 0 Å². The summed E-state index contributed by atoms with van der Waals surface area (Å²) < 4.78 is 0. The van der Waals surface area contributed by atoms with Gasteiger partial charge in [0.1, 0.15) is 0 Å². The number of hydrogen-bond donors (Lipinski definition) is 3. The highest BCUT2D eigenvalue weighted by molar-refractivity contribution is 5.76. The maximum Gasteiger partial charge on any atom is 0.220 e. The number of amides is 1. The summed E-state index contributed by atoms with van der Waals surface area (Å²) in [4.78, 5) is 12.5. The second kappa shape index (κ2) is 65.1. The molecule has 1 amide bonds. The zero-order valence-electron chi connectivity index (χ0n) is 49.5. The smallest absolute Gasteiger partial charge is 0.220 e. The van der Waals surface area contributed by atoms with Crippen LogP contribution in [-0.2, 0) is 4.79 Å². The van der Waals surface area contributed by atoms with Gasteiger partial charge in [-0.15, -0.1) is 0 Å². The average molecular weight is 1040 g/mol. The first-order valence-electron chi connectivity index (χ1n) is 32.2. The van der Waals surface area contributed by atoms with Crippen LogP contribution in [0.3, 0.4) is 0 Å². The number of aliphatic hydroxyl groups is 2.